The van der Waals surface area contributed by atoms with Gasteiger partial charge in [-0.25, -0.2) is 8.42 Å². The molecule has 1 fully saturated rings. The molecule has 1 saturated heterocycles. The molecule has 100 valence electrons. The van der Waals surface area contributed by atoms with Gasteiger partial charge in [0, 0.05) is 13.7 Å². The topological polar surface area (TPSA) is 76.8 Å². The Kier molecular flexibility index (Phi) is 3.56. The van der Waals surface area contributed by atoms with Gasteiger partial charge in [0.2, 0.25) is 5.09 Å². The van der Waals surface area contributed by atoms with Crippen molar-refractivity contribution in [2.24, 2.45) is 0 Å². The number of ether oxygens (including phenoxy) is 1. The average molecular weight is 273 g/mol. The van der Waals surface area contributed by atoms with Crippen molar-refractivity contribution in [2.75, 3.05) is 13.7 Å². The summed E-state index contributed by atoms with van der Waals surface area (Å²) in [5.41, 5.74) is 0. The molecule has 1 aromatic rings. The monoisotopic (exact) mass is 273 g/mol. The third-order valence-corrected chi connectivity index (χ3v) is 4.91. The highest BCUT2D eigenvalue weighted by Crippen LogP contribution is 2.25. The molecule has 2 unspecified atom stereocenters. The van der Waals surface area contributed by atoms with Crippen LogP contribution in [0.4, 0.5) is 0 Å². The quantitative estimate of drug-likeness (QED) is 0.761. The summed E-state index contributed by atoms with van der Waals surface area (Å²) in [6.07, 6.45) is 0.976. The Hall–Kier alpha value is -1.18. The second kappa shape index (κ2) is 4.83. The molecule has 0 N–H and O–H groups in total. The van der Waals surface area contributed by atoms with E-state index in [4.69, 9.17) is 9.15 Å². The highest BCUT2D eigenvalue weighted by molar-refractivity contribution is 7.89. The molecule has 0 aliphatic carbocycles. The van der Waals surface area contributed by atoms with Crippen LogP contribution in [0, 0.1) is 0 Å². The largest absolute Gasteiger partial charge is 0.440 e. The van der Waals surface area contributed by atoms with Gasteiger partial charge in [0.25, 0.3) is 10.0 Å². The number of furan rings is 1. The van der Waals surface area contributed by atoms with Crippen LogP contribution >= 0.6 is 0 Å². The van der Waals surface area contributed by atoms with E-state index in [1.54, 1.807) is 0 Å². The van der Waals surface area contributed by atoms with Crippen molar-refractivity contribution in [3.05, 3.63) is 17.9 Å². The smallest absolute Gasteiger partial charge is 0.276 e. The number of aldehydes is 1. The zero-order valence-corrected chi connectivity index (χ0v) is 11.0. The lowest BCUT2D eigenvalue weighted by atomic mass is 10.2. The molecule has 0 radical (unpaired) electrons. The molecule has 1 aliphatic heterocycles. The van der Waals surface area contributed by atoms with Crippen molar-refractivity contribution < 1.29 is 22.4 Å². The molecule has 1 aliphatic rings. The maximum Gasteiger partial charge on any atom is 0.276 e. The number of likely N-dealkylation sites (N-methyl/N-ethyl adjacent to an activating group) is 1. The van der Waals surface area contributed by atoms with Crippen LogP contribution in [0.5, 0.6) is 0 Å². The Morgan fingerprint density at radius 2 is 2.17 bits per heavy atom. The van der Waals surface area contributed by atoms with E-state index in [1.807, 2.05) is 6.92 Å². The van der Waals surface area contributed by atoms with Crippen LogP contribution in [0.15, 0.2) is 21.6 Å². The van der Waals surface area contributed by atoms with Crippen LogP contribution in [0.2, 0.25) is 0 Å². The van der Waals surface area contributed by atoms with E-state index in [9.17, 15) is 13.2 Å². The standard InChI is InChI=1S/C11H15NO5S/c1-8-10(5-6-16-8)12(2)18(14,15)11-4-3-9(7-13)17-11/h3-4,7-8,10H,5-6H2,1-2H3. The highest BCUT2D eigenvalue weighted by atomic mass is 32.2. The molecule has 0 aromatic carbocycles. The maximum absolute atomic E-state index is 12.3. The predicted molar refractivity (Wildman–Crippen MR) is 62.9 cm³/mol. The van der Waals surface area contributed by atoms with E-state index in [1.165, 1.54) is 23.5 Å². The zero-order chi connectivity index (χ0) is 13.3. The maximum atomic E-state index is 12.3. The molecule has 2 rings (SSSR count). The Labute approximate surface area is 106 Å². The SMILES string of the molecule is CC1OCCC1N(C)S(=O)(=O)c1ccc(C=O)o1. The van der Waals surface area contributed by atoms with Crippen LogP contribution in [0.1, 0.15) is 23.9 Å². The van der Waals surface area contributed by atoms with E-state index in [-0.39, 0.29) is 23.0 Å². The Balaban J connectivity index is 2.27. The summed E-state index contributed by atoms with van der Waals surface area (Å²) >= 11 is 0. The van der Waals surface area contributed by atoms with Gasteiger partial charge in [-0.3, -0.25) is 4.79 Å². The van der Waals surface area contributed by atoms with E-state index in [2.05, 4.69) is 0 Å². The molecule has 2 atom stereocenters. The zero-order valence-electron chi connectivity index (χ0n) is 10.2. The fourth-order valence-corrected chi connectivity index (χ4v) is 3.41. The number of nitrogens with zero attached hydrogens (tertiary/aromatic N) is 1. The second-order valence-electron chi connectivity index (χ2n) is 4.23. The van der Waals surface area contributed by atoms with E-state index < -0.39 is 10.0 Å². The van der Waals surface area contributed by atoms with Gasteiger partial charge in [-0.1, -0.05) is 0 Å². The first-order valence-electron chi connectivity index (χ1n) is 5.61. The van der Waals surface area contributed by atoms with Crippen LogP contribution < -0.4 is 0 Å². The predicted octanol–water partition coefficient (Wildman–Crippen LogP) is 0.890. The number of hydrogen-bond acceptors (Lipinski definition) is 5. The summed E-state index contributed by atoms with van der Waals surface area (Å²) < 4.78 is 36.1. The summed E-state index contributed by atoms with van der Waals surface area (Å²) in [4.78, 5) is 10.5. The third kappa shape index (κ3) is 2.21. The Morgan fingerprint density at radius 1 is 1.44 bits per heavy atom. The lowest BCUT2D eigenvalue weighted by molar-refractivity contribution is 0.101. The molecule has 0 spiro atoms. The van der Waals surface area contributed by atoms with Crippen molar-refractivity contribution in [3.8, 4) is 0 Å². The Bertz CT molecular complexity index is 535. The van der Waals surface area contributed by atoms with Gasteiger partial charge in [-0.2, -0.15) is 4.31 Å². The summed E-state index contributed by atoms with van der Waals surface area (Å²) in [7, 11) is -2.22. The summed E-state index contributed by atoms with van der Waals surface area (Å²) in [6, 6.07) is 2.41. The van der Waals surface area contributed by atoms with Crippen molar-refractivity contribution >= 4 is 16.3 Å². The molecule has 0 bridgehead atoms. The van der Waals surface area contributed by atoms with Gasteiger partial charge in [0.05, 0.1) is 12.1 Å². The van der Waals surface area contributed by atoms with Gasteiger partial charge in [-0.15, -0.1) is 0 Å². The molecule has 7 heteroatoms. The van der Waals surface area contributed by atoms with Gasteiger partial charge < -0.3 is 9.15 Å². The van der Waals surface area contributed by atoms with Crippen LogP contribution in [0.3, 0.4) is 0 Å². The minimum absolute atomic E-state index is 0.00213. The fraction of sp³-hybridized carbons (Fsp3) is 0.545. The summed E-state index contributed by atoms with van der Waals surface area (Å²) in [5, 5.41) is -0.216. The van der Waals surface area contributed by atoms with Crippen LogP contribution in [0.25, 0.3) is 0 Å². The second-order valence-corrected chi connectivity index (χ2v) is 6.16. The lowest BCUT2D eigenvalue weighted by Crippen LogP contribution is -2.40. The first kappa shape index (κ1) is 13.3. The van der Waals surface area contributed by atoms with E-state index in [0.717, 1.165) is 0 Å². The lowest BCUT2D eigenvalue weighted by Gasteiger charge is -2.24. The van der Waals surface area contributed by atoms with Crippen LogP contribution in [-0.4, -0.2) is 44.8 Å². The number of sulfonamides is 1. The minimum Gasteiger partial charge on any atom is -0.440 e. The first-order valence-corrected chi connectivity index (χ1v) is 7.05. The molecule has 0 saturated carbocycles. The molecule has 0 amide bonds. The average Bonchev–Trinajstić information content (AvgIpc) is 2.96. The number of rotatable bonds is 4. The number of carbonyl (C=O) groups is 1. The number of hydrogen-bond donors (Lipinski definition) is 0. The Morgan fingerprint density at radius 3 is 2.67 bits per heavy atom. The molecule has 18 heavy (non-hydrogen) atoms. The first-order chi connectivity index (χ1) is 8.46. The molecular formula is C11H15NO5S. The van der Waals surface area contributed by atoms with Crippen molar-refractivity contribution in [1.82, 2.24) is 4.31 Å². The van der Waals surface area contributed by atoms with Gasteiger partial charge in [0.1, 0.15) is 0 Å². The van der Waals surface area contributed by atoms with Crippen molar-refractivity contribution in [1.29, 1.82) is 0 Å². The normalized spacial score (nSPS) is 24.6. The van der Waals surface area contributed by atoms with E-state index in [0.29, 0.717) is 19.3 Å². The molecule has 1 aromatic heterocycles. The summed E-state index contributed by atoms with van der Waals surface area (Å²) in [5.74, 6) is -0.00213. The van der Waals surface area contributed by atoms with Crippen LogP contribution in [-0.2, 0) is 14.8 Å². The van der Waals surface area contributed by atoms with E-state index >= 15 is 0 Å². The fourth-order valence-electron chi connectivity index (χ4n) is 2.05. The van der Waals surface area contributed by atoms with Crippen molar-refractivity contribution in [3.63, 3.8) is 0 Å². The summed E-state index contributed by atoms with van der Waals surface area (Å²) in [6.45, 7) is 2.38. The molecular weight excluding hydrogens is 258 g/mol. The molecule has 2 heterocycles. The molecule has 6 nitrogen and oxygen atoms in total. The van der Waals surface area contributed by atoms with Gasteiger partial charge >= 0.3 is 0 Å². The minimum atomic E-state index is -3.72. The van der Waals surface area contributed by atoms with Gasteiger partial charge in [0.15, 0.2) is 12.0 Å². The van der Waals surface area contributed by atoms with Crippen molar-refractivity contribution in [2.45, 2.75) is 30.6 Å². The van der Waals surface area contributed by atoms with Gasteiger partial charge in [-0.05, 0) is 25.5 Å². The number of carbonyl (C=O) groups excluding carboxylic acids is 1. The third-order valence-electron chi connectivity index (χ3n) is 3.15. The highest BCUT2D eigenvalue weighted by Gasteiger charge is 2.36.